The van der Waals surface area contributed by atoms with Gasteiger partial charge in [0.25, 0.3) is 0 Å². The molecule has 0 fully saturated rings. The Hall–Kier alpha value is -1.61. The van der Waals surface area contributed by atoms with Crippen molar-refractivity contribution >= 4 is 0 Å². The molecule has 0 radical (unpaired) electrons. The molecular weight excluding hydrogens is 222 g/mol. The first-order chi connectivity index (χ1) is 8.58. The molecule has 18 heavy (non-hydrogen) atoms. The predicted molar refractivity (Wildman–Crippen MR) is 74.8 cm³/mol. The maximum Gasteiger partial charge on any atom is 0.120 e. The van der Waals surface area contributed by atoms with E-state index in [4.69, 9.17) is 0 Å². The minimum absolute atomic E-state index is 0.785. The first-order valence-corrected chi connectivity index (χ1v) is 6.34. The molecule has 96 valence electrons. The van der Waals surface area contributed by atoms with E-state index in [-0.39, 0.29) is 0 Å². The summed E-state index contributed by atoms with van der Waals surface area (Å²) in [5.74, 6) is 1.01. The van der Waals surface area contributed by atoms with Crippen molar-refractivity contribution in [2.75, 3.05) is 7.05 Å². The summed E-state index contributed by atoms with van der Waals surface area (Å²) in [7, 11) is 1.93. The minimum Gasteiger partial charge on any atom is -0.345 e. The summed E-state index contributed by atoms with van der Waals surface area (Å²) < 4.78 is 0. The molecule has 0 spiro atoms. The molecule has 1 aromatic carbocycles. The predicted octanol–water partition coefficient (Wildman–Crippen LogP) is 2.65. The largest absolute Gasteiger partial charge is 0.345 e. The number of H-pyrrole nitrogens is 1. The maximum absolute atomic E-state index is 4.64. The van der Waals surface area contributed by atoms with Crippen LogP contribution < -0.4 is 5.32 Å². The van der Waals surface area contributed by atoms with Crippen molar-refractivity contribution in [2.45, 2.75) is 33.7 Å². The van der Waals surface area contributed by atoms with E-state index in [2.05, 4.69) is 54.3 Å². The molecule has 2 aromatic rings. The molecule has 0 amide bonds. The third kappa shape index (κ3) is 2.99. The standard InChI is InChI=1S/C15H21N3/c1-10-5-11(2)7-13(6-10)8-14-12(3)17-15(18-14)9-16-4/h5-7,16H,8-9H2,1-4H3,(H,17,18). The normalized spacial score (nSPS) is 10.9. The molecule has 3 nitrogen and oxygen atoms in total. The first-order valence-electron chi connectivity index (χ1n) is 6.34. The van der Waals surface area contributed by atoms with Gasteiger partial charge in [0.15, 0.2) is 0 Å². The lowest BCUT2D eigenvalue weighted by molar-refractivity contribution is 0.768. The van der Waals surface area contributed by atoms with E-state index >= 15 is 0 Å². The highest BCUT2D eigenvalue weighted by atomic mass is 15.0. The zero-order valence-corrected chi connectivity index (χ0v) is 11.6. The van der Waals surface area contributed by atoms with Gasteiger partial charge in [-0.2, -0.15) is 0 Å². The van der Waals surface area contributed by atoms with Gasteiger partial charge in [-0.1, -0.05) is 29.3 Å². The van der Waals surface area contributed by atoms with Crippen LogP contribution in [-0.4, -0.2) is 17.0 Å². The molecular formula is C15H21N3. The van der Waals surface area contributed by atoms with E-state index in [1.807, 2.05) is 7.05 Å². The van der Waals surface area contributed by atoms with Crippen LogP contribution in [0.4, 0.5) is 0 Å². The van der Waals surface area contributed by atoms with Gasteiger partial charge < -0.3 is 10.3 Å². The Morgan fingerprint density at radius 1 is 1.11 bits per heavy atom. The molecule has 0 bridgehead atoms. The lowest BCUT2D eigenvalue weighted by Gasteiger charge is -2.04. The monoisotopic (exact) mass is 243 g/mol. The molecule has 1 heterocycles. The van der Waals surface area contributed by atoms with E-state index < -0.39 is 0 Å². The van der Waals surface area contributed by atoms with Crippen LogP contribution in [-0.2, 0) is 13.0 Å². The Labute approximate surface area is 109 Å². The molecule has 0 atom stereocenters. The molecule has 2 N–H and O–H groups in total. The number of hydrogen-bond donors (Lipinski definition) is 2. The number of aryl methyl sites for hydroxylation is 3. The van der Waals surface area contributed by atoms with Crippen LogP contribution in [0.2, 0.25) is 0 Å². The fraction of sp³-hybridized carbons (Fsp3) is 0.400. The van der Waals surface area contributed by atoms with Crippen LogP contribution in [0.3, 0.4) is 0 Å². The van der Waals surface area contributed by atoms with Crippen molar-refractivity contribution in [3.63, 3.8) is 0 Å². The zero-order valence-electron chi connectivity index (χ0n) is 11.6. The first kappa shape index (κ1) is 12.8. The molecule has 1 aromatic heterocycles. The van der Waals surface area contributed by atoms with E-state index in [0.717, 1.165) is 24.5 Å². The number of nitrogens with zero attached hydrogens (tertiary/aromatic N) is 1. The van der Waals surface area contributed by atoms with Gasteiger partial charge in [-0.05, 0) is 33.4 Å². The minimum atomic E-state index is 0.785. The molecule has 2 rings (SSSR count). The van der Waals surface area contributed by atoms with E-state index in [0.29, 0.717) is 0 Å². The second-order valence-electron chi connectivity index (χ2n) is 4.96. The lowest BCUT2D eigenvalue weighted by Crippen LogP contribution is -2.06. The molecule has 0 aliphatic carbocycles. The van der Waals surface area contributed by atoms with Crippen LogP contribution in [0.5, 0.6) is 0 Å². The summed E-state index contributed by atoms with van der Waals surface area (Å²) in [6, 6.07) is 6.67. The van der Waals surface area contributed by atoms with Crippen LogP contribution in [0, 0.1) is 20.8 Å². The van der Waals surface area contributed by atoms with Crippen LogP contribution >= 0.6 is 0 Å². The van der Waals surface area contributed by atoms with Crippen molar-refractivity contribution in [3.8, 4) is 0 Å². The van der Waals surface area contributed by atoms with Gasteiger partial charge in [-0.3, -0.25) is 0 Å². The quantitative estimate of drug-likeness (QED) is 0.866. The SMILES string of the molecule is CNCc1nc(Cc2cc(C)cc(C)c2)c(C)[nH]1. The highest BCUT2D eigenvalue weighted by molar-refractivity contribution is 5.32. The van der Waals surface area contributed by atoms with Gasteiger partial charge in [-0.15, -0.1) is 0 Å². The van der Waals surface area contributed by atoms with E-state index in [9.17, 15) is 0 Å². The van der Waals surface area contributed by atoms with Crippen molar-refractivity contribution < 1.29 is 0 Å². The topological polar surface area (TPSA) is 40.7 Å². The van der Waals surface area contributed by atoms with Gasteiger partial charge in [0.05, 0.1) is 12.2 Å². The van der Waals surface area contributed by atoms with Crippen LogP contribution in [0.1, 0.15) is 33.9 Å². The summed E-state index contributed by atoms with van der Waals surface area (Å²) in [5, 5.41) is 3.11. The third-order valence-electron chi connectivity index (χ3n) is 3.03. The summed E-state index contributed by atoms with van der Waals surface area (Å²) >= 11 is 0. The van der Waals surface area contributed by atoms with Gasteiger partial charge in [-0.25, -0.2) is 4.98 Å². The van der Waals surface area contributed by atoms with Crippen molar-refractivity contribution in [1.82, 2.24) is 15.3 Å². The third-order valence-corrected chi connectivity index (χ3v) is 3.03. The summed E-state index contributed by atoms with van der Waals surface area (Å²) in [5.41, 5.74) is 6.27. The number of aromatic nitrogens is 2. The Balaban J connectivity index is 2.22. The lowest BCUT2D eigenvalue weighted by atomic mass is 10.0. The number of imidazole rings is 1. The van der Waals surface area contributed by atoms with Gasteiger partial charge in [0.1, 0.15) is 5.82 Å². The molecule has 0 aliphatic rings. The van der Waals surface area contributed by atoms with E-state index in [1.54, 1.807) is 0 Å². The maximum atomic E-state index is 4.64. The number of aromatic amines is 1. The number of hydrogen-bond acceptors (Lipinski definition) is 2. The average molecular weight is 243 g/mol. The fourth-order valence-electron chi connectivity index (χ4n) is 2.35. The smallest absolute Gasteiger partial charge is 0.120 e. The zero-order chi connectivity index (χ0) is 13.1. The van der Waals surface area contributed by atoms with Crippen LogP contribution in [0.25, 0.3) is 0 Å². The summed E-state index contributed by atoms with van der Waals surface area (Å²) in [6.07, 6.45) is 0.897. The summed E-state index contributed by atoms with van der Waals surface area (Å²) in [4.78, 5) is 7.96. The van der Waals surface area contributed by atoms with Crippen molar-refractivity contribution in [3.05, 3.63) is 52.1 Å². The van der Waals surface area contributed by atoms with Crippen LogP contribution in [0.15, 0.2) is 18.2 Å². The number of rotatable bonds is 4. The highest BCUT2D eigenvalue weighted by Gasteiger charge is 2.07. The molecule has 0 saturated carbocycles. The Kier molecular flexibility index (Phi) is 3.82. The van der Waals surface area contributed by atoms with E-state index in [1.165, 1.54) is 22.4 Å². The Bertz CT molecular complexity index is 520. The molecule has 0 saturated heterocycles. The van der Waals surface area contributed by atoms with Crippen molar-refractivity contribution in [1.29, 1.82) is 0 Å². The van der Waals surface area contributed by atoms with Gasteiger partial charge in [0, 0.05) is 12.1 Å². The van der Waals surface area contributed by atoms with Gasteiger partial charge >= 0.3 is 0 Å². The molecule has 3 heteroatoms. The number of benzene rings is 1. The fourth-order valence-corrected chi connectivity index (χ4v) is 2.35. The Morgan fingerprint density at radius 3 is 2.39 bits per heavy atom. The molecule has 0 aliphatic heterocycles. The summed E-state index contributed by atoms with van der Waals surface area (Å²) in [6.45, 7) is 7.15. The highest BCUT2D eigenvalue weighted by Crippen LogP contribution is 2.15. The second kappa shape index (κ2) is 5.36. The van der Waals surface area contributed by atoms with Crippen molar-refractivity contribution in [2.24, 2.45) is 0 Å². The van der Waals surface area contributed by atoms with Gasteiger partial charge in [0.2, 0.25) is 0 Å². The molecule has 0 unspecified atom stereocenters. The average Bonchev–Trinajstić information content (AvgIpc) is 2.58. The second-order valence-corrected chi connectivity index (χ2v) is 4.96. The number of nitrogens with one attached hydrogen (secondary N) is 2. The Morgan fingerprint density at radius 2 is 1.78 bits per heavy atom.